The van der Waals surface area contributed by atoms with E-state index < -0.39 is 0 Å². The van der Waals surface area contributed by atoms with Crippen LogP contribution in [0, 0.1) is 10.7 Å². The average Bonchev–Trinajstić information content (AvgIpc) is 3.10. The Hall–Kier alpha value is -2.31. The molecule has 2 aliphatic rings. The zero-order valence-corrected chi connectivity index (χ0v) is 18.2. The zero-order chi connectivity index (χ0) is 20.3. The van der Waals surface area contributed by atoms with Gasteiger partial charge < -0.3 is 4.90 Å². The van der Waals surface area contributed by atoms with E-state index in [0.717, 1.165) is 41.3 Å². The Labute approximate surface area is 183 Å². The Balaban J connectivity index is 1.49. The highest BCUT2D eigenvalue weighted by Crippen LogP contribution is 2.28. The van der Waals surface area contributed by atoms with Crippen LogP contribution in [0.4, 0.5) is 0 Å². The number of quaternary nitrogens is 1. The smallest absolute Gasteiger partial charge is 0.203 e. The van der Waals surface area contributed by atoms with E-state index in [4.69, 9.17) is 17.3 Å². The van der Waals surface area contributed by atoms with Gasteiger partial charge in [-0.15, -0.1) is 5.10 Å². The molecule has 1 aliphatic carbocycles. The van der Waals surface area contributed by atoms with E-state index in [-0.39, 0.29) is 0 Å². The van der Waals surface area contributed by atoms with E-state index >= 15 is 0 Å². The predicted molar refractivity (Wildman–Crippen MR) is 121 cm³/mol. The highest BCUT2D eigenvalue weighted by Gasteiger charge is 2.37. The monoisotopic (exact) mass is 420 g/mol. The lowest BCUT2D eigenvalue weighted by Gasteiger charge is -2.40. The minimum atomic E-state index is 0.735. The molecule has 6 heteroatoms. The molecule has 2 fully saturated rings. The van der Waals surface area contributed by atoms with Gasteiger partial charge in [-0.2, -0.15) is 4.68 Å². The lowest BCUT2D eigenvalue weighted by atomic mass is 9.78. The lowest BCUT2D eigenvalue weighted by Crippen LogP contribution is -3.17. The van der Waals surface area contributed by atoms with Gasteiger partial charge in [-0.1, -0.05) is 36.8 Å². The van der Waals surface area contributed by atoms with Crippen molar-refractivity contribution in [3.63, 3.8) is 0 Å². The van der Waals surface area contributed by atoms with Crippen molar-refractivity contribution in [1.29, 1.82) is 0 Å². The summed E-state index contributed by atoms with van der Waals surface area (Å²) in [5.74, 6) is 1.82. The molecule has 0 amide bonds. The van der Waals surface area contributed by atoms with Crippen LogP contribution in [0.1, 0.15) is 44.1 Å². The molecule has 1 saturated heterocycles. The third-order valence-corrected chi connectivity index (χ3v) is 7.34. The van der Waals surface area contributed by atoms with Crippen LogP contribution >= 0.6 is 12.2 Å². The Kier molecular flexibility index (Phi) is 5.77. The molecule has 0 radical (unpaired) electrons. The number of rotatable bonds is 5. The molecule has 5 nitrogen and oxygen atoms in total. The first-order valence-electron chi connectivity index (χ1n) is 11.3. The lowest BCUT2D eigenvalue weighted by molar-refractivity contribution is -0.958. The second-order valence-electron chi connectivity index (χ2n) is 8.77. The maximum absolute atomic E-state index is 5.96. The third kappa shape index (κ3) is 3.98. The van der Waals surface area contributed by atoms with Crippen molar-refractivity contribution in [2.45, 2.75) is 57.8 Å². The molecule has 1 unspecified atom stereocenters. The summed E-state index contributed by atoms with van der Waals surface area (Å²) in [6.45, 7) is 2.84. The fourth-order valence-corrected chi connectivity index (χ4v) is 5.68. The quantitative estimate of drug-likeness (QED) is 0.640. The standard InChI is InChI=1S/C24H29N5S/c30-24-28(17-19-7-2-1-3-8-19)23(21-12-14-25-15-13-21)26-29(24)18-27-16-6-10-20-9-4-5-11-22(20)27/h1-3,7-8,12-15,20,22H,4-6,9-11,16-18H2/p+1/t20-,22+/m1/s1. The van der Waals surface area contributed by atoms with Gasteiger partial charge >= 0.3 is 0 Å². The average molecular weight is 421 g/mol. The molecule has 5 rings (SSSR count). The van der Waals surface area contributed by atoms with Crippen molar-refractivity contribution in [3.8, 4) is 11.4 Å². The summed E-state index contributed by atoms with van der Waals surface area (Å²) in [6.07, 6.45) is 11.9. The van der Waals surface area contributed by atoms with Gasteiger partial charge in [-0.25, -0.2) is 0 Å². The predicted octanol–water partition coefficient (Wildman–Crippen LogP) is 3.72. The first-order valence-corrected chi connectivity index (χ1v) is 11.7. The largest absolute Gasteiger partial charge is 0.314 e. The number of nitrogens with one attached hydrogen (secondary N) is 1. The van der Waals surface area contributed by atoms with Crippen LogP contribution < -0.4 is 4.90 Å². The summed E-state index contributed by atoms with van der Waals surface area (Å²) in [7, 11) is 0. The van der Waals surface area contributed by atoms with E-state index in [1.807, 2.05) is 24.5 Å². The SMILES string of the molecule is S=c1n(C[NH+]2CCC[C@H]3CCCC[C@@H]32)nc(-c2ccncc2)n1Cc1ccccc1. The normalized spacial score (nSPS) is 23.8. The number of fused-ring (bicyclic) bond motifs is 1. The molecule has 30 heavy (non-hydrogen) atoms. The molecule has 1 aromatic carbocycles. The molecule has 1 aliphatic heterocycles. The van der Waals surface area contributed by atoms with E-state index in [1.165, 1.54) is 50.6 Å². The number of piperidine rings is 1. The number of aromatic nitrogens is 4. The van der Waals surface area contributed by atoms with Crippen molar-refractivity contribution >= 4 is 12.2 Å². The van der Waals surface area contributed by atoms with Crippen molar-refractivity contribution in [1.82, 2.24) is 19.3 Å². The third-order valence-electron chi connectivity index (χ3n) is 6.90. The summed E-state index contributed by atoms with van der Waals surface area (Å²) in [5.41, 5.74) is 2.30. The number of pyridine rings is 1. The van der Waals surface area contributed by atoms with Crippen LogP contribution in [-0.4, -0.2) is 31.9 Å². The molecule has 1 saturated carbocycles. The molecule has 156 valence electrons. The Morgan fingerprint density at radius 1 is 0.967 bits per heavy atom. The van der Waals surface area contributed by atoms with Crippen LogP contribution in [0.5, 0.6) is 0 Å². The zero-order valence-electron chi connectivity index (χ0n) is 17.4. The van der Waals surface area contributed by atoms with Gasteiger partial charge in [0.2, 0.25) is 4.77 Å². The van der Waals surface area contributed by atoms with Gasteiger partial charge in [0.15, 0.2) is 12.5 Å². The maximum Gasteiger partial charge on any atom is 0.203 e. The van der Waals surface area contributed by atoms with Crippen molar-refractivity contribution in [2.75, 3.05) is 6.54 Å². The second kappa shape index (κ2) is 8.82. The minimum Gasteiger partial charge on any atom is -0.314 e. The summed E-state index contributed by atoms with van der Waals surface area (Å²) < 4.78 is 5.08. The van der Waals surface area contributed by atoms with Crippen LogP contribution in [0.3, 0.4) is 0 Å². The van der Waals surface area contributed by atoms with Crippen LogP contribution in [0.15, 0.2) is 54.9 Å². The van der Waals surface area contributed by atoms with E-state index in [1.54, 1.807) is 4.90 Å². The fourth-order valence-electron chi connectivity index (χ4n) is 5.42. The minimum absolute atomic E-state index is 0.735. The van der Waals surface area contributed by atoms with E-state index in [9.17, 15) is 0 Å². The Morgan fingerprint density at radius 2 is 1.73 bits per heavy atom. The van der Waals surface area contributed by atoms with Crippen LogP contribution in [0.2, 0.25) is 0 Å². The van der Waals surface area contributed by atoms with Gasteiger partial charge in [-0.05, 0) is 62.0 Å². The van der Waals surface area contributed by atoms with Gasteiger partial charge in [0.25, 0.3) is 0 Å². The molecular formula is C24H30N5S+. The van der Waals surface area contributed by atoms with Crippen molar-refractivity contribution in [3.05, 3.63) is 65.2 Å². The van der Waals surface area contributed by atoms with Crippen molar-refractivity contribution < 1.29 is 4.90 Å². The van der Waals surface area contributed by atoms with E-state index in [0.29, 0.717) is 0 Å². The molecule has 3 aromatic rings. The molecule has 0 bridgehead atoms. The Morgan fingerprint density at radius 3 is 2.57 bits per heavy atom. The number of hydrogen-bond acceptors (Lipinski definition) is 3. The number of nitrogens with zero attached hydrogens (tertiary/aromatic N) is 4. The molecule has 3 atom stereocenters. The first-order chi connectivity index (χ1) is 14.8. The van der Waals surface area contributed by atoms with E-state index in [2.05, 4.69) is 44.6 Å². The molecular weight excluding hydrogens is 390 g/mol. The van der Waals surface area contributed by atoms with Gasteiger partial charge in [0.05, 0.1) is 19.1 Å². The summed E-state index contributed by atoms with van der Waals surface area (Å²) in [4.78, 5) is 5.85. The molecule has 2 aromatic heterocycles. The topological polar surface area (TPSA) is 40.1 Å². The summed E-state index contributed by atoms with van der Waals surface area (Å²) >= 11 is 5.96. The molecule has 0 spiro atoms. The van der Waals surface area contributed by atoms with Gasteiger partial charge in [0.1, 0.15) is 0 Å². The maximum atomic E-state index is 5.96. The highest BCUT2D eigenvalue weighted by molar-refractivity contribution is 7.71. The number of benzene rings is 1. The summed E-state index contributed by atoms with van der Waals surface area (Å²) in [5, 5.41) is 5.03. The van der Waals surface area contributed by atoms with Gasteiger partial charge in [0, 0.05) is 23.9 Å². The summed E-state index contributed by atoms with van der Waals surface area (Å²) in [6, 6.07) is 15.3. The number of hydrogen-bond donors (Lipinski definition) is 1. The van der Waals surface area contributed by atoms with Crippen LogP contribution in [-0.2, 0) is 13.2 Å². The van der Waals surface area contributed by atoms with Gasteiger partial charge in [-0.3, -0.25) is 9.55 Å². The number of likely N-dealkylation sites (tertiary alicyclic amines) is 1. The highest BCUT2D eigenvalue weighted by atomic mass is 32.1. The van der Waals surface area contributed by atoms with Crippen LogP contribution in [0.25, 0.3) is 11.4 Å². The fraction of sp³-hybridized carbons (Fsp3) is 0.458. The van der Waals surface area contributed by atoms with Crippen molar-refractivity contribution in [2.24, 2.45) is 5.92 Å². The first kappa shape index (κ1) is 19.6. The Bertz CT molecular complexity index is 1020. The molecule has 3 heterocycles. The molecule has 1 N–H and O–H groups in total. The second-order valence-corrected chi connectivity index (χ2v) is 9.14.